The van der Waals surface area contributed by atoms with E-state index in [2.05, 4.69) is 208 Å². The molecule has 68 heavy (non-hydrogen) atoms. The molecule has 13 aromatic rings. The van der Waals surface area contributed by atoms with Crippen molar-refractivity contribution in [2.75, 3.05) is 0 Å². The first-order valence-electron chi connectivity index (χ1n) is 22.9. The summed E-state index contributed by atoms with van der Waals surface area (Å²) in [6.07, 6.45) is 3.75. The van der Waals surface area contributed by atoms with Gasteiger partial charge in [-0.05, 0) is 107 Å². The molecule has 0 saturated heterocycles. The number of para-hydroxylation sites is 4. The minimum atomic E-state index is 0.587. The molecule has 0 N–H and O–H groups in total. The van der Waals surface area contributed by atoms with Gasteiger partial charge < -0.3 is 9.13 Å². The van der Waals surface area contributed by atoms with E-state index >= 15 is 0 Å². The molecule has 4 aromatic heterocycles. The van der Waals surface area contributed by atoms with E-state index in [-0.39, 0.29) is 0 Å². The van der Waals surface area contributed by atoms with Crippen LogP contribution in [0.15, 0.2) is 243 Å². The lowest BCUT2D eigenvalue weighted by atomic mass is 9.84. The Hall–Kier alpha value is -9.26. The second-order valence-electron chi connectivity index (χ2n) is 17.0. The molecular formula is C62H40N6. The topological polar surface area (TPSA) is 61.4 Å². The van der Waals surface area contributed by atoms with Crippen molar-refractivity contribution in [3.8, 4) is 78.9 Å². The Bertz CT molecular complexity index is 3940. The number of rotatable bonds is 8. The molecule has 318 valence electrons. The Balaban J connectivity index is 1.16. The summed E-state index contributed by atoms with van der Waals surface area (Å²) in [5.74, 6) is 1.80. The van der Waals surface area contributed by atoms with Crippen LogP contribution in [0.1, 0.15) is 0 Å². The molecule has 4 heterocycles. The zero-order valence-electron chi connectivity index (χ0n) is 36.8. The van der Waals surface area contributed by atoms with Gasteiger partial charge >= 0.3 is 0 Å². The molecule has 6 heteroatoms. The van der Waals surface area contributed by atoms with Gasteiger partial charge in [-0.1, -0.05) is 152 Å². The van der Waals surface area contributed by atoms with Crippen LogP contribution in [0.3, 0.4) is 0 Å². The van der Waals surface area contributed by atoms with Gasteiger partial charge in [0, 0.05) is 67.6 Å². The van der Waals surface area contributed by atoms with E-state index in [1.165, 1.54) is 16.2 Å². The summed E-state index contributed by atoms with van der Waals surface area (Å²) < 4.78 is 4.73. The average molecular weight is 869 g/mol. The van der Waals surface area contributed by atoms with Gasteiger partial charge in [-0.3, -0.25) is 4.98 Å². The molecule has 9 aromatic carbocycles. The zero-order valence-corrected chi connectivity index (χ0v) is 36.8. The van der Waals surface area contributed by atoms with Gasteiger partial charge in [-0.2, -0.15) is 0 Å². The van der Waals surface area contributed by atoms with Gasteiger partial charge in [0.1, 0.15) is 0 Å². The van der Waals surface area contributed by atoms with Crippen LogP contribution in [0.5, 0.6) is 0 Å². The fraction of sp³-hybridized carbons (Fsp3) is 0. The van der Waals surface area contributed by atoms with Crippen molar-refractivity contribution < 1.29 is 0 Å². The third kappa shape index (κ3) is 6.58. The van der Waals surface area contributed by atoms with Crippen LogP contribution in [-0.4, -0.2) is 29.1 Å². The average Bonchev–Trinajstić information content (AvgIpc) is 3.94. The minimum Gasteiger partial charge on any atom is -0.309 e. The van der Waals surface area contributed by atoms with Crippen LogP contribution in [0.2, 0.25) is 0 Å². The highest BCUT2D eigenvalue weighted by molar-refractivity contribution is 6.14. The molecule has 0 bridgehead atoms. The number of fused-ring (bicyclic) bond motifs is 6. The molecule has 0 unspecified atom stereocenters. The summed E-state index contributed by atoms with van der Waals surface area (Å²) in [5.41, 5.74) is 15.9. The van der Waals surface area contributed by atoms with Crippen molar-refractivity contribution in [3.05, 3.63) is 243 Å². The summed E-state index contributed by atoms with van der Waals surface area (Å²) in [6.45, 7) is 0. The van der Waals surface area contributed by atoms with Crippen molar-refractivity contribution in [1.29, 1.82) is 0 Å². The smallest absolute Gasteiger partial charge is 0.164 e. The molecular weight excluding hydrogens is 829 g/mol. The van der Waals surface area contributed by atoms with Crippen LogP contribution in [0.4, 0.5) is 0 Å². The van der Waals surface area contributed by atoms with Crippen LogP contribution in [0.25, 0.3) is 123 Å². The first-order valence-corrected chi connectivity index (χ1v) is 22.9. The number of hydrogen-bond acceptors (Lipinski definition) is 4. The van der Waals surface area contributed by atoms with E-state index in [9.17, 15) is 0 Å². The molecule has 0 aliphatic carbocycles. The number of benzene rings is 9. The molecule has 0 fully saturated rings. The SMILES string of the molecule is c1ccc(-c2nc(-c3ccccc3)nc(-c3ccc(-c4ccncc4)c(-c4ccc5c(c4)c4ccccc4n5-c4ccccc4)c3-c3ccc4c(c3)c3ccccc3n4-c3ccccc3)n2)cc1. The van der Waals surface area contributed by atoms with Crippen molar-refractivity contribution >= 4 is 43.6 Å². The van der Waals surface area contributed by atoms with Gasteiger partial charge in [0.2, 0.25) is 0 Å². The predicted molar refractivity (Wildman–Crippen MR) is 279 cm³/mol. The largest absolute Gasteiger partial charge is 0.309 e. The van der Waals surface area contributed by atoms with Gasteiger partial charge in [0.25, 0.3) is 0 Å². The lowest BCUT2D eigenvalue weighted by Crippen LogP contribution is -2.02. The lowest BCUT2D eigenvalue weighted by molar-refractivity contribution is 1.07. The van der Waals surface area contributed by atoms with Crippen LogP contribution < -0.4 is 0 Å². The molecule has 0 atom stereocenters. The molecule has 0 saturated carbocycles. The molecule has 0 spiro atoms. The van der Waals surface area contributed by atoms with Crippen LogP contribution in [0, 0.1) is 0 Å². The van der Waals surface area contributed by atoms with E-state index < -0.39 is 0 Å². The van der Waals surface area contributed by atoms with Crippen LogP contribution >= 0.6 is 0 Å². The number of hydrogen-bond donors (Lipinski definition) is 0. The van der Waals surface area contributed by atoms with E-state index in [1.807, 2.05) is 48.8 Å². The van der Waals surface area contributed by atoms with Crippen molar-refractivity contribution in [2.45, 2.75) is 0 Å². The zero-order chi connectivity index (χ0) is 45.0. The van der Waals surface area contributed by atoms with Crippen molar-refractivity contribution in [2.24, 2.45) is 0 Å². The highest BCUT2D eigenvalue weighted by Crippen LogP contribution is 2.48. The Morgan fingerprint density at radius 2 is 0.662 bits per heavy atom. The molecule has 0 aliphatic heterocycles. The van der Waals surface area contributed by atoms with Gasteiger partial charge in [-0.15, -0.1) is 0 Å². The van der Waals surface area contributed by atoms with Gasteiger partial charge in [0.05, 0.1) is 22.1 Å². The molecule has 13 rings (SSSR count). The highest BCUT2D eigenvalue weighted by atomic mass is 15.0. The van der Waals surface area contributed by atoms with E-state index in [1.54, 1.807) is 0 Å². The second-order valence-corrected chi connectivity index (χ2v) is 17.0. The second kappa shape index (κ2) is 16.3. The summed E-state index contributed by atoms with van der Waals surface area (Å²) in [6, 6.07) is 81.5. The first kappa shape index (κ1) is 39.1. The molecule has 0 amide bonds. The van der Waals surface area contributed by atoms with E-state index in [4.69, 9.17) is 15.0 Å². The molecule has 0 radical (unpaired) electrons. The number of nitrogens with zero attached hydrogens (tertiary/aromatic N) is 6. The van der Waals surface area contributed by atoms with Crippen molar-refractivity contribution in [3.63, 3.8) is 0 Å². The number of aromatic nitrogens is 6. The first-order chi connectivity index (χ1) is 33.7. The predicted octanol–water partition coefficient (Wildman–Crippen LogP) is 15.5. The van der Waals surface area contributed by atoms with Gasteiger partial charge in [0.15, 0.2) is 17.5 Å². The minimum absolute atomic E-state index is 0.587. The maximum absolute atomic E-state index is 5.37. The summed E-state index contributed by atoms with van der Waals surface area (Å²) in [4.78, 5) is 20.3. The Morgan fingerprint density at radius 1 is 0.265 bits per heavy atom. The molecule has 0 aliphatic rings. The van der Waals surface area contributed by atoms with Gasteiger partial charge in [-0.25, -0.2) is 15.0 Å². The Labute approximate surface area is 392 Å². The van der Waals surface area contributed by atoms with E-state index in [0.29, 0.717) is 17.5 Å². The monoisotopic (exact) mass is 868 g/mol. The number of pyridine rings is 1. The van der Waals surface area contributed by atoms with Crippen molar-refractivity contribution in [1.82, 2.24) is 29.1 Å². The maximum Gasteiger partial charge on any atom is 0.164 e. The quantitative estimate of drug-likeness (QED) is 0.153. The summed E-state index contributed by atoms with van der Waals surface area (Å²) >= 11 is 0. The van der Waals surface area contributed by atoms with Crippen LogP contribution in [-0.2, 0) is 0 Å². The third-order valence-corrected chi connectivity index (χ3v) is 13.1. The Kier molecular flexibility index (Phi) is 9.39. The standard InChI is InChI=1S/C62H40N6/c1-5-17-42(18-6-1)60-64-61(43-19-7-2-8-20-43)66-62(65-60)51-32-31-48(41-35-37-63-38-36-41)58(44-29-33-56-52(39-44)49-25-13-15-27-54(49)67(56)46-21-9-3-10-22-46)59(51)45-30-34-57-53(40-45)50-26-14-16-28-55(50)68(57)47-23-11-4-12-24-47/h1-40H. The molecule has 6 nitrogen and oxygen atoms in total. The highest BCUT2D eigenvalue weighted by Gasteiger charge is 2.25. The lowest BCUT2D eigenvalue weighted by Gasteiger charge is -2.21. The fourth-order valence-electron chi connectivity index (χ4n) is 10.1. The normalized spacial score (nSPS) is 11.5. The Morgan fingerprint density at radius 3 is 1.16 bits per heavy atom. The summed E-state index contributed by atoms with van der Waals surface area (Å²) in [7, 11) is 0. The fourth-order valence-corrected chi connectivity index (χ4v) is 10.1. The third-order valence-electron chi connectivity index (χ3n) is 13.1. The summed E-state index contributed by atoms with van der Waals surface area (Å²) in [5, 5.41) is 4.68. The van der Waals surface area contributed by atoms with E-state index in [0.717, 1.165) is 88.9 Å². The maximum atomic E-state index is 5.37.